The minimum atomic E-state index is -0.135. The molecule has 0 bridgehead atoms. The van der Waals surface area contributed by atoms with Gasteiger partial charge in [-0.2, -0.15) is 0 Å². The lowest BCUT2D eigenvalue weighted by atomic mass is 9.68. The van der Waals surface area contributed by atoms with E-state index in [2.05, 4.69) is 89.1 Å². The molecule has 6 heteroatoms. The Morgan fingerprint density at radius 2 is 1.59 bits per heavy atom. The number of nitrogens with one attached hydrogen (secondary N) is 1. The maximum absolute atomic E-state index is 11.8. The second-order valence-corrected chi connectivity index (χ2v) is 11.6. The molecule has 1 amide bonds. The fourth-order valence-electron chi connectivity index (χ4n) is 7.34. The van der Waals surface area contributed by atoms with Crippen molar-refractivity contribution in [2.75, 3.05) is 26.7 Å². The number of methoxy groups -OCH3 is 1. The van der Waals surface area contributed by atoms with E-state index in [1.807, 2.05) is 0 Å². The van der Waals surface area contributed by atoms with Crippen molar-refractivity contribution in [1.82, 2.24) is 10.2 Å². The van der Waals surface area contributed by atoms with E-state index < -0.39 is 0 Å². The highest BCUT2D eigenvalue weighted by atomic mass is 35.5. The van der Waals surface area contributed by atoms with Crippen LogP contribution >= 0.6 is 24.8 Å². The van der Waals surface area contributed by atoms with Crippen LogP contribution in [0.5, 0.6) is 5.75 Å². The molecule has 3 aromatic carbocycles. The number of nitrogens with zero attached hydrogens (tertiary/aromatic N) is 1. The van der Waals surface area contributed by atoms with Crippen LogP contribution in [-0.4, -0.2) is 43.1 Å². The summed E-state index contributed by atoms with van der Waals surface area (Å²) in [6.07, 6.45) is 10.5. The van der Waals surface area contributed by atoms with Gasteiger partial charge in [0.1, 0.15) is 5.75 Å². The summed E-state index contributed by atoms with van der Waals surface area (Å²) in [5.74, 6) is 1.01. The van der Waals surface area contributed by atoms with Crippen LogP contribution in [0.3, 0.4) is 0 Å². The molecule has 1 aliphatic heterocycles. The number of hydrogen-bond donors (Lipinski definition) is 1. The zero-order valence-electron chi connectivity index (χ0n) is 24.6. The molecule has 5 rings (SSSR count). The lowest BCUT2D eigenvalue weighted by molar-refractivity contribution is -0.119. The number of aryl methyl sites for hydroxylation is 1. The Kier molecular flexibility index (Phi) is 12.1. The first-order chi connectivity index (χ1) is 19.0. The number of benzene rings is 3. The van der Waals surface area contributed by atoms with Crippen molar-refractivity contribution in [3.8, 4) is 5.75 Å². The highest BCUT2D eigenvalue weighted by Gasteiger charge is 2.41. The lowest BCUT2D eigenvalue weighted by Crippen LogP contribution is -2.55. The summed E-state index contributed by atoms with van der Waals surface area (Å²) in [5, 5.41) is 3.09. The predicted molar refractivity (Wildman–Crippen MR) is 174 cm³/mol. The monoisotopic (exact) mass is 596 g/mol. The molecule has 1 spiro atoms. The Hall–Kier alpha value is -2.53. The van der Waals surface area contributed by atoms with Crippen molar-refractivity contribution >= 4 is 30.7 Å². The number of carbonyl (C=O) groups excluding carboxylic acids is 1. The molecule has 1 N–H and O–H groups in total. The summed E-state index contributed by atoms with van der Waals surface area (Å²) < 4.78 is 5.50. The Bertz CT molecular complexity index is 1200. The van der Waals surface area contributed by atoms with Gasteiger partial charge in [0, 0.05) is 24.4 Å². The summed E-state index contributed by atoms with van der Waals surface area (Å²) in [7, 11) is 1.76. The van der Waals surface area contributed by atoms with Gasteiger partial charge in [0.25, 0.3) is 0 Å². The van der Waals surface area contributed by atoms with Crippen LogP contribution in [0.4, 0.5) is 0 Å². The molecule has 1 atom stereocenters. The molecule has 1 aliphatic carbocycles. The molecule has 222 valence electrons. The summed E-state index contributed by atoms with van der Waals surface area (Å²) in [6, 6.07) is 28.6. The van der Waals surface area contributed by atoms with E-state index in [0.29, 0.717) is 6.54 Å². The first-order valence-electron chi connectivity index (χ1n) is 14.8. The van der Waals surface area contributed by atoms with Gasteiger partial charge in [0.05, 0.1) is 7.11 Å². The van der Waals surface area contributed by atoms with Crippen LogP contribution in [0, 0.1) is 0 Å². The predicted octanol–water partition coefficient (Wildman–Crippen LogP) is 7.54. The van der Waals surface area contributed by atoms with Crippen LogP contribution in [0.2, 0.25) is 0 Å². The van der Waals surface area contributed by atoms with E-state index >= 15 is 0 Å². The van der Waals surface area contributed by atoms with Gasteiger partial charge in [-0.3, -0.25) is 9.69 Å². The molecule has 41 heavy (non-hydrogen) atoms. The van der Waals surface area contributed by atoms with E-state index in [9.17, 15) is 4.79 Å². The van der Waals surface area contributed by atoms with E-state index in [1.165, 1.54) is 54.5 Å². The molecule has 2 aliphatic rings. The number of fused-ring (bicyclic) bond motifs is 1. The second kappa shape index (κ2) is 15.1. The van der Waals surface area contributed by atoms with Crippen LogP contribution in [0.15, 0.2) is 78.9 Å². The van der Waals surface area contributed by atoms with E-state index in [0.717, 1.165) is 44.4 Å². The van der Waals surface area contributed by atoms with Crippen LogP contribution in [-0.2, 0) is 23.1 Å². The third-order valence-electron chi connectivity index (χ3n) is 9.39. The topological polar surface area (TPSA) is 41.6 Å². The number of halogens is 2. The maximum Gasteiger partial charge on any atom is 0.216 e. The zero-order chi connectivity index (χ0) is 27.1. The molecule has 0 saturated carbocycles. The van der Waals surface area contributed by atoms with E-state index in [4.69, 9.17) is 4.74 Å². The summed E-state index contributed by atoms with van der Waals surface area (Å²) in [6.45, 7) is 4.60. The number of carbonyl (C=O) groups is 1. The van der Waals surface area contributed by atoms with Crippen molar-refractivity contribution < 1.29 is 9.53 Å². The third-order valence-corrected chi connectivity index (χ3v) is 9.39. The second-order valence-electron chi connectivity index (χ2n) is 11.6. The van der Waals surface area contributed by atoms with Crippen LogP contribution in [0.25, 0.3) is 0 Å². The lowest BCUT2D eigenvalue weighted by Gasteiger charge is -2.50. The smallest absolute Gasteiger partial charge is 0.216 e. The molecular weight excluding hydrogens is 551 g/mol. The first-order valence-corrected chi connectivity index (χ1v) is 14.8. The van der Waals surface area contributed by atoms with Crippen molar-refractivity contribution in [3.63, 3.8) is 0 Å². The number of rotatable bonds is 10. The standard InChI is InChI=1S/C35H44N2O2.2ClH/c1-28(38)36-23-22-35(31-12-5-3-6-13-31,32-14-7-4-8-15-32)20-11-25-37-24-10-9-19-34(37)21-18-29-26-33(39-2)17-16-30(29)27-34;;/h3-8,12-17,26H,9-11,18-25,27H2,1-2H3,(H,36,38);2*1H. The molecular formula is C35H46Cl2N2O2. The van der Waals surface area contributed by atoms with Gasteiger partial charge in [-0.1, -0.05) is 73.2 Å². The number of piperidine rings is 1. The molecule has 4 nitrogen and oxygen atoms in total. The van der Waals surface area contributed by atoms with Gasteiger partial charge >= 0.3 is 0 Å². The fraction of sp³-hybridized carbons (Fsp3) is 0.457. The SMILES string of the molecule is COc1ccc2c(c1)CCC1(CCCCN1CCCC(CCNC(C)=O)(c1ccccc1)c1ccccc1)C2.Cl.Cl. The van der Waals surface area contributed by atoms with Gasteiger partial charge in [0.2, 0.25) is 5.91 Å². The molecule has 1 heterocycles. The molecule has 1 fully saturated rings. The Balaban J connectivity index is 0.00000231. The average Bonchev–Trinajstić information content (AvgIpc) is 2.98. The zero-order valence-corrected chi connectivity index (χ0v) is 26.2. The van der Waals surface area contributed by atoms with E-state index in [-0.39, 0.29) is 41.7 Å². The van der Waals surface area contributed by atoms with Gasteiger partial charge in [-0.25, -0.2) is 0 Å². The Morgan fingerprint density at radius 1 is 0.902 bits per heavy atom. The van der Waals surface area contributed by atoms with Gasteiger partial charge in [-0.05, 0) is 98.8 Å². The van der Waals surface area contributed by atoms with Crippen LogP contribution < -0.4 is 10.1 Å². The number of likely N-dealkylation sites (tertiary alicyclic amines) is 1. The average molecular weight is 598 g/mol. The largest absolute Gasteiger partial charge is 0.497 e. The highest BCUT2D eigenvalue weighted by Crippen LogP contribution is 2.43. The molecule has 1 unspecified atom stereocenters. The molecule has 0 radical (unpaired) electrons. The first kappa shape index (κ1) is 33.0. The molecule has 0 aromatic heterocycles. The summed E-state index contributed by atoms with van der Waals surface area (Å²) >= 11 is 0. The Labute approximate surface area is 259 Å². The number of hydrogen-bond acceptors (Lipinski definition) is 3. The van der Waals surface area contributed by atoms with Crippen LogP contribution in [0.1, 0.15) is 74.1 Å². The van der Waals surface area contributed by atoms with Crippen molar-refractivity contribution in [2.45, 2.75) is 75.7 Å². The van der Waals surface area contributed by atoms with Crippen molar-refractivity contribution in [3.05, 3.63) is 101 Å². The summed E-state index contributed by atoms with van der Waals surface area (Å²) in [4.78, 5) is 14.6. The quantitative estimate of drug-likeness (QED) is 0.263. The van der Waals surface area contributed by atoms with Gasteiger partial charge in [0.15, 0.2) is 0 Å². The number of amides is 1. The minimum absolute atomic E-state index is 0. The van der Waals surface area contributed by atoms with Crippen molar-refractivity contribution in [2.24, 2.45) is 0 Å². The molecule has 3 aromatic rings. The fourth-order valence-corrected chi connectivity index (χ4v) is 7.34. The third kappa shape index (κ3) is 7.46. The van der Waals surface area contributed by atoms with E-state index in [1.54, 1.807) is 14.0 Å². The summed E-state index contributed by atoms with van der Waals surface area (Å²) in [5.41, 5.74) is 5.80. The maximum atomic E-state index is 11.8. The van der Waals surface area contributed by atoms with Crippen molar-refractivity contribution in [1.29, 1.82) is 0 Å². The van der Waals surface area contributed by atoms with Gasteiger partial charge < -0.3 is 10.1 Å². The number of ether oxygens (including phenoxy) is 1. The highest BCUT2D eigenvalue weighted by molar-refractivity contribution is 5.85. The minimum Gasteiger partial charge on any atom is -0.497 e. The normalized spacial score (nSPS) is 18.5. The Morgan fingerprint density at radius 3 is 2.22 bits per heavy atom. The van der Waals surface area contributed by atoms with Gasteiger partial charge in [-0.15, -0.1) is 24.8 Å². The molecule has 1 saturated heterocycles.